The fourth-order valence-electron chi connectivity index (χ4n) is 4.06. The largest absolute Gasteiger partial charge is 0.314 e. The molecular weight excluding hydrogens is 254 g/mol. The molecule has 0 bridgehead atoms. The second kappa shape index (κ2) is 6.96. The summed E-state index contributed by atoms with van der Waals surface area (Å²) in [5.41, 5.74) is 3.13. The first-order chi connectivity index (χ1) is 9.95. The third-order valence-corrected chi connectivity index (χ3v) is 5.46. The van der Waals surface area contributed by atoms with Gasteiger partial charge in [-0.3, -0.25) is 0 Å². The van der Waals surface area contributed by atoms with E-state index in [4.69, 9.17) is 0 Å². The number of benzene rings is 1. The van der Waals surface area contributed by atoms with Gasteiger partial charge in [-0.2, -0.15) is 0 Å². The van der Waals surface area contributed by atoms with E-state index in [0.717, 1.165) is 18.4 Å². The molecule has 2 rings (SSSR count). The van der Waals surface area contributed by atoms with Crippen molar-refractivity contribution in [2.45, 2.75) is 71.8 Å². The van der Waals surface area contributed by atoms with Gasteiger partial charge in [-0.1, -0.05) is 63.9 Å². The van der Waals surface area contributed by atoms with E-state index in [9.17, 15) is 0 Å². The van der Waals surface area contributed by atoms with Gasteiger partial charge >= 0.3 is 0 Å². The molecule has 21 heavy (non-hydrogen) atoms. The number of hydrogen-bond acceptors (Lipinski definition) is 1. The lowest BCUT2D eigenvalue weighted by Crippen LogP contribution is -2.48. The van der Waals surface area contributed by atoms with Crippen molar-refractivity contribution < 1.29 is 0 Å². The quantitative estimate of drug-likeness (QED) is 0.796. The van der Waals surface area contributed by atoms with Crippen molar-refractivity contribution in [3.63, 3.8) is 0 Å². The lowest BCUT2D eigenvalue weighted by atomic mass is 9.63. The van der Waals surface area contributed by atoms with E-state index in [2.05, 4.69) is 64.2 Å². The van der Waals surface area contributed by atoms with Crippen LogP contribution in [0.25, 0.3) is 0 Å². The Morgan fingerprint density at radius 3 is 2.67 bits per heavy atom. The van der Waals surface area contributed by atoms with Crippen LogP contribution in [-0.4, -0.2) is 12.6 Å². The second-order valence-corrected chi connectivity index (χ2v) is 7.68. The Bertz CT molecular complexity index is 449. The molecule has 0 amide bonds. The van der Waals surface area contributed by atoms with Gasteiger partial charge in [0.05, 0.1) is 0 Å². The maximum absolute atomic E-state index is 3.84. The molecule has 1 saturated carbocycles. The number of nitrogens with one attached hydrogen (secondary N) is 1. The zero-order chi connectivity index (χ0) is 15.5. The molecule has 3 unspecified atom stereocenters. The summed E-state index contributed by atoms with van der Waals surface area (Å²) in [6.45, 7) is 12.9. The van der Waals surface area contributed by atoms with Crippen molar-refractivity contribution in [1.82, 2.24) is 5.32 Å². The van der Waals surface area contributed by atoms with Gasteiger partial charge in [-0.05, 0) is 55.5 Å². The van der Waals surface area contributed by atoms with Crippen molar-refractivity contribution in [1.29, 1.82) is 0 Å². The van der Waals surface area contributed by atoms with Crippen molar-refractivity contribution in [3.05, 3.63) is 35.4 Å². The first-order valence-corrected chi connectivity index (χ1v) is 8.75. The zero-order valence-electron chi connectivity index (χ0n) is 14.6. The molecule has 1 aliphatic carbocycles. The minimum atomic E-state index is 0.248. The first kappa shape index (κ1) is 16.5. The number of rotatable bonds is 5. The Kier molecular flexibility index (Phi) is 5.48. The maximum Gasteiger partial charge on any atom is 0.0106 e. The van der Waals surface area contributed by atoms with Crippen LogP contribution < -0.4 is 5.32 Å². The van der Waals surface area contributed by atoms with E-state index >= 15 is 0 Å². The molecule has 1 N–H and O–H groups in total. The molecule has 0 radical (unpaired) electrons. The molecule has 3 atom stereocenters. The zero-order valence-corrected chi connectivity index (χ0v) is 14.6. The molecule has 1 heteroatoms. The van der Waals surface area contributed by atoms with E-state index < -0.39 is 0 Å². The van der Waals surface area contributed by atoms with Gasteiger partial charge in [-0.25, -0.2) is 0 Å². The minimum Gasteiger partial charge on any atom is -0.314 e. The Morgan fingerprint density at radius 1 is 1.24 bits per heavy atom. The Balaban J connectivity index is 2.22. The van der Waals surface area contributed by atoms with E-state index in [1.807, 2.05) is 0 Å². The summed E-state index contributed by atoms with van der Waals surface area (Å²) in [5.74, 6) is 1.60. The first-order valence-electron chi connectivity index (χ1n) is 8.75. The molecule has 1 aliphatic rings. The highest BCUT2D eigenvalue weighted by molar-refractivity contribution is 5.30. The molecule has 0 aromatic heterocycles. The van der Waals surface area contributed by atoms with Crippen molar-refractivity contribution >= 4 is 0 Å². The second-order valence-electron chi connectivity index (χ2n) is 7.68. The van der Waals surface area contributed by atoms with Crippen molar-refractivity contribution in [2.24, 2.45) is 11.8 Å². The standard InChI is InChI=1S/C20H33N/c1-6-12-21-19-14-16(3)10-11-18(19)20(4,5)17-9-7-8-15(2)13-17/h7-9,13,16,18-19,21H,6,10-12,14H2,1-5H3. The summed E-state index contributed by atoms with van der Waals surface area (Å²) in [6, 6.07) is 9.79. The molecule has 0 saturated heterocycles. The number of hydrogen-bond donors (Lipinski definition) is 1. The molecule has 1 aromatic rings. The van der Waals surface area contributed by atoms with Crippen LogP contribution in [0.1, 0.15) is 64.5 Å². The molecule has 1 fully saturated rings. The van der Waals surface area contributed by atoms with Crippen LogP contribution in [0.15, 0.2) is 24.3 Å². The van der Waals surface area contributed by atoms with Gasteiger partial charge < -0.3 is 5.32 Å². The molecule has 1 nitrogen and oxygen atoms in total. The smallest absolute Gasteiger partial charge is 0.0106 e. The minimum absolute atomic E-state index is 0.248. The maximum atomic E-state index is 3.84. The van der Waals surface area contributed by atoms with Gasteiger partial charge in [0, 0.05) is 6.04 Å². The topological polar surface area (TPSA) is 12.0 Å². The van der Waals surface area contributed by atoms with Crippen LogP contribution >= 0.6 is 0 Å². The SMILES string of the molecule is CCCNC1CC(C)CCC1C(C)(C)c1cccc(C)c1. The van der Waals surface area contributed by atoms with E-state index in [1.54, 1.807) is 0 Å². The summed E-state index contributed by atoms with van der Waals surface area (Å²) < 4.78 is 0. The van der Waals surface area contributed by atoms with Gasteiger partial charge in [0.1, 0.15) is 0 Å². The summed E-state index contributed by atoms with van der Waals surface area (Å²) in [5, 5.41) is 3.84. The van der Waals surface area contributed by atoms with Gasteiger partial charge in [0.25, 0.3) is 0 Å². The summed E-state index contributed by atoms with van der Waals surface area (Å²) >= 11 is 0. The van der Waals surface area contributed by atoms with Gasteiger partial charge in [0.15, 0.2) is 0 Å². The molecule has 118 valence electrons. The summed E-state index contributed by atoms with van der Waals surface area (Å²) in [6.07, 6.45) is 5.29. The Morgan fingerprint density at radius 2 is 2.00 bits per heavy atom. The Hall–Kier alpha value is -0.820. The highest BCUT2D eigenvalue weighted by Gasteiger charge is 2.39. The molecule has 0 heterocycles. The van der Waals surface area contributed by atoms with Crippen molar-refractivity contribution in [3.8, 4) is 0 Å². The molecule has 0 spiro atoms. The van der Waals surface area contributed by atoms with E-state index in [1.165, 1.54) is 36.8 Å². The van der Waals surface area contributed by atoms with Crippen LogP contribution in [-0.2, 0) is 5.41 Å². The van der Waals surface area contributed by atoms with Crippen LogP contribution in [0.5, 0.6) is 0 Å². The Labute approximate surface area is 131 Å². The van der Waals surface area contributed by atoms with Gasteiger partial charge in [0.2, 0.25) is 0 Å². The fourth-order valence-corrected chi connectivity index (χ4v) is 4.06. The highest BCUT2D eigenvalue weighted by atomic mass is 14.9. The fraction of sp³-hybridized carbons (Fsp3) is 0.700. The van der Waals surface area contributed by atoms with Crippen LogP contribution in [0.2, 0.25) is 0 Å². The van der Waals surface area contributed by atoms with Crippen LogP contribution in [0.4, 0.5) is 0 Å². The van der Waals surface area contributed by atoms with Crippen LogP contribution in [0.3, 0.4) is 0 Å². The van der Waals surface area contributed by atoms with Gasteiger partial charge in [-0.15, -0.1) is 0 Å². The third kappa shape index (κ3) is 3.88. The average Bonchev–Trinajstić information content (AvgIpc) is 2.45. The lowest BCUT2D eigenvalue weighted by Gasteiger charge is -2.45. The summed E-state index contributed by atoms with van der Waals surface area (Å²) in [7, 11) is 0. The summed E-state index contributed by atoms with van der Waals surface area (Å²) in [4.78, 5) is 0. The average molecular weight is 287 g/mol. The van der Waals surface area contributed by atoms with E-state index in [-0.39, 0.29) is 5.41 Å². The van der Waals surface area contributed by atoms with Crippen LogP contribution in [0, 0.1) is 18.8 Å². The predicted octanol–water partition coefficient (Wildman–Crippen LogP) is 5.08. The molecular formula is C20H33N. The van der Waals surface area contributed by atoms with Crippen molar-refractivity contribution in [2.75, 3.05) is 6.54 Å². The number of aryl methyl sites for hydroxylation is 1. The molecule has 0 aliphatic heterocycles. The lowest BCUT2D eigenvalue weighted by molar-refractivity contribution is 0.145. The predicted molar refractivity (Wildman–Crippen MR) is 92.8 cm³/mol. The highest BCUT2D eigenvalue weighted by Crippen LogP contribution is 2.42. The third-order valence-electron chi connectivity index (χ3n) is 5.46. The monoisotopic (exact) mass is 287 g/mol. The van der Waals surface area contributed by atoms with E-state index in [0.29, 0.717) is 6.04 Å². The normalized spacial score (nSPS) is 26.8. The molecule has 1 aromatic carbocycles.